The Morgan fingerprint density at radius 1 is 1.26 bits per heavy atom. The Kier molecular flexibility index (Phi) is 8.77. The summed E-state index contributed by atoms with van der Waals surface area (Å²) >= 11 is 1.58. The third kappa shape index (κ3) is 9.18. The maximum Gasteiger partial charge on any atom is 0.326 e. The van der Waals surface area contributed by atoms with Crippen molar-refractivity contribution in [2.75, 3.05) is 12.8 Å². The average Bonchev–Trinajstić information content (AvgIpc) is 2.34. The van der Waals surface area contributed by atoms with E-state index in [1.54, 1.807) is 11.8 Å². The Bertz CT molecular complexity index is 324. The Morgan fingerprint density at radius 2 is 1.89 bits per heavy atom. The number of rotatable bonds is 9. The summed E-state index contributed by atoms with van der Waals surface area (Å²) in [4.78, 5) is 32.7. The second-order valence-corrected chi connectivity index (χ2v) is 5.35. The van der Waals surface area contributed by atoms with Crippen LogP contribution >= 0.6 is 11.8 Å². The number of amides is 2. The fourth-order valence-electron chi connectivity index (χ4n) is 1.24. The molecule has 0 aromatic carbocycles. The molecule has 4 N–H and O–H groups in total. The molecule has 0 rings (SSSR count). The summed E-state index contributed by atoms with van der Waals surface area (Å²) in [7, 11) is 0. The second kappa shape index (κ2) is 9.48. The summed E-state index contributed by atoms with van der Waals surface area (Å²) in [5.41, 5.74) is 0. The van der Waals surface area contributed by atoms with Crippen molar-refractivity contribution in [2.45, 2.75) is 37.5 Å². The molecule has 0 spiro atoms. The highest BCUT2D eigenvalue weighted by Crippen LogP contribution is 2.03. The molecule has 0 saturated carbocycles. The van der Waals surface area contributed by atoms with Crippen LogP contribution in [0.3, 0.4) is 0 Å². The second-order valence-electron chi connectivity index (χ2n) is 4.08. The predicted molar refractivity (Wildman–Crippen MR) is 72.4 cm³/mol. The standard InChI is InChI=1S/C11H20N2O5S/c1-7(19-2)6-12-11(18)13-8(10(16)17)4-3-5-9(14)15/h7-8H,3-6H2,1-2H3,(H,14,15)(H,16,17)(H2,12,13,18)/t7?,8-/m1/s1. The maximum absolute atomic E-state index is 11.5. The largest absolute Gasteiger partial charge is 0.481 e. The van der Waals surface area contributed by atoms with E-state index in [9.17, 15) is 14.4 Å². The first kappa shape index (κ1) is 17.6. The lowest BCUT2D eigenvalue weighted by Crippen LogP contribution is -2.47. The van der Waals surface area contributed by atoms with Crippen molar-refractivity contribution < 1.29 is 24.6 Å². The number of hydrogen-bond acceptors (Lipinski definition) is 4. The molecule has 0 aliphatic heterocycles. The van der Waals surface area contributed by atoms with Gasteiger partial charge >= 0.3 is 18.0 Å². The average molecular weight is 292 g/mol. The van der Waals surface area contributed by atoms with Gasteiger partial charge in [0, 0.05) is 18.2 Å². The molecule has 0 fully saturated rings. The van der Waals surface area contributed by atoms with E-state index in [2.05, 4.69) is 10.6 Å². The summed E-state index contributed by atoms with van der Waals surface area (Å²) in [5.74, 6) is -2.15. The van der Waals surface area contributed by atoms with Gasteiger partial charge in [-0.1, -0.05) is 6.92 Å². The van der Waals surface area contributed by atoms with E-state index in [0.717, 1.165) is 0 Å². The normalized spacial score (nSPS) is 13.4. The number of carboxylic acids is 2. The molecule has 2 amide bonds. The van der Waals surface area contributed by atoms with Crippen molar-refractivity contribution in [2.24, 2.45) is 0 Å². The van der Waals surface area contributed by atoms with Gasteiger partial charge in [0.25, 0.3) is 0 Å². The van der Waals surface area contributed by atoms with Gasteiger partial charge in [-0.25, -0.2) is 9.59 Å². The van der Waals surface area contributed by atoms with Crippen LogP contribution in [-0.4, -0.2) is 52.3 Å². The van der Waals surface area contributed by atoms with Crippen LogP contribution in [0.1, 0.15) is 26.2 Å². The highest BCUT2D eigenvalue weighted by atomic mass is 32.2. The summed E-state index contributed by atoms with van der Waals surface area (Å²) < 4.78 is 0. The third-order valence-corrected chi connectivity index (χ3v) is 3.41. The monoisotopic (exact) mass is 292 g/mol. The van der Waals surface area contributed by atoms with Gasteiger partial charge in [-0.15, -0.1) is 0 Å². The first-order chi connectivity index (χ1) is 8.86. The van der Waals surface area contributed by atoms with E-state index in [-0.39, 0.29) is 24.5 Å². The fraction of sp³-hybridized carbons (Fsp3) is 0.727. The van der Waals surface area contributed by atoms with Crippen LogP contribution in [0.25, 0.3) is 0 Å². The van der Waals surface area contributed by atoms with E-state index in [1.807, 2.05) is 13.2 Å². The van der Waals surface area contributed by atoms with E-state index in [0.29, 0.717) is 6.54 Å². The number of nitrogens with one attached hydrogen (secondary N) is 2. The minimum atomic E-state index is -1.17. The van der Waals surface area contributed by atoms with Gasteiger partial charge in [-0.05, 0) is 19.1 Å². The molecule has 0 aromatic heterocycles. The van der Waals surface area contributed by atoms with Crippen LogP contribution in [0, 0.1) is 0 Å². The molecule has 2 atom stereocenters. The van der Waals surface area contributed by atoms with Crippen LogP contribution in [0.5, 0.6) is 0 Å². The molecule has 8 heteroatoms. The third-order valence-electron chi connectivity index (χ3n) is 2.44. The van der Waals surface area contributed by atoms with Crippen molar-refractivity contribution in [1.29, 1.82) is 0 Å². The number of thioether (sulfide) groups is 1. The molecule has 0 radical (unpaired) electrons. The number of hydrogen-bond donors (Lipinski definition) is 4. The zero-order valence-electron chi connectivity index (χ0n) is 11.0. The Hall–Kier alpha value is -1.44. The van der Waals surface area contributed by atoms with Crippen LogP contribution < -0.4 is 10.6 Å². The van der Waals surface area contributed by atoms with Crippen molar-refractivity contribution in [1.82, 2.24) is 10.6 Å². The van der Waals surface area contributed by atoms with Gasteiger partial charge in [0.05, 0.1) is 0 Å². The molecule has 0 saturated heterocycles. The number of carbonyl (C=O) groups excluding carboxylic acids is 1. The molecule has 0 aliphatic carbocycles. The van der Waals surface area contributed by atoms with Gasteiger partial charge < -0.3 is 20.8 Å². The van der Waals surface area contributed by atoms with E-state index >= 15 is 0 Å². The van der Waals surface area contributed by atoms with Crippen molar-refractivity contribution in [3.05, 3.63) is 0 Å². The number of carboxylic acid groups (broad SMARTS) is 2. The van der Waals surface area contributed by atoms with Crippen LogP contribution in [0.15, 0.2) is 0 Å². The van der Waals surface area contributed by atoms with Crippen LogP contribution in [0.2, 0.25) is 0 Å². The predicted octanol–water partition coefficient (Wildman–Crippen LogP) is 0.745. The van der Waals surface area contributed by atoms with Gasteiger partial charge in [0.15, 0.2) is 0 Å². The summed E-state index contributed by atoms with van der Waals surface area (Å²) in [6.07, 6.45) is 2.09. The highest BCUT2D eigenvalue weighted by molar-refractivity contribution is 7.99. The Morgan fingerprint density at radius 3 is 2.37 bits per heavy atom. The molecule has 0 aromatic rings. The number of aliphatic carboxylic acids is 2. The molecule has 19 heavy (non-hydrogen) atoms. The summed E-state index contributed by atoms with van der Waals surface area (Å²) in [6.45, 7) is 2.38. The molecule has 1 unspecified atom stereocenters. The topological polar surface area (TPSA) is 116 Å². The molecule has 110 valence electrons. The fourth-order valence-corrected chi connectivity index (χ4v) is 1.49. The smallest absolute Gasteiger partial charge is 0.326 e. The van der Waals surface area contributed by atoms with Crippen LogP contribution in [0.4, 0.5) is 4.79 Å². The zero-order valence-corrected chi connectivity index (χ0v) is 11.8. The van der Waals surface area contributed by atoms with Crippen LogP contribution in [-0.2, 0) is 9.59 Å². The molecule has 0 aliphatic rings. The van der Waals surface area contributed by atoms with Gasteiger partial charge in [-0.2, -0.15) is 11.8 Å². The van der Waals surface area contributed by atoms with Crippen molar-refractivity contribution in [3.63, 3.8) is 0 Å². The first-order valence-electron chi connectivity index (χ1n) is 5.88. The minimum Gasteiger partial charge on any atom is -0.481 e. The van der Waals surface area contributed by atoms with E-state index < -0.39 is 24.0 Å². The molecule has 7 nitrogen and oxygen atoms in total. The zero-order chi connectivity index (χ0) is 14.8. The maximum atomic E-state index is 11.5. The van der Waals surface area contributed by atoms with Gasteiger partial charge in [-0.3, -0.25) is 4.79 Å². The van der Waals surface area contributed by atoms with E-state index in [4.69, 9.17) is 10.2 Å². The number of urea groups is 1. The lowest BCUT2D eigenvalue weighted by Gasteiger charge is -2.16. The molecular weight excluding hydrogens is 272 g/mol. The van der Waals surface area contributed by atoms with Crippen molar-refractivity contribution in [3.8, 4) is 0 Å². The van der Waals surface area contributed by atoms with E-state index in [1.165, 1.54) is 0 Å². The summed E-state index contributed by atoms with van der Waals surface area (Å²) in [5, 5.41) is 22.5. The molecule has 0 heterocycles. The first-order valence-corrected chi connectivity index (χ1v) is 7.17. The molecule has 0 bridgehead atoms. The lowest BCUT2D eigenvalue weighted by atomic mass is 10.1. The lowest BCUT2D eigenvalue weighted by molar-refractivity contribution is -0.140. The van der Waals surface area contributed by atoms with Gasteiger partial charge in [0.2, 0.25) is 0 Å². The SMILES string of the molecule is CSC(C)CNC(=O)N[C@H](CCCC(=O)O)C(=O)O. The van der Waals surface area contributed by atoms with Gasteiger partial charge in [0.1, 0.15) is 6.04 Å². The highest BCUT2D eigenvalue weighted by Gasteiger charge is 2.19. The minimum absolute atomic E-state index is 0.0904. The number of carbonyl (C=O) groups is 3. The van der Waals surface area contributed by atoms with Crippen molar-refractivity contribution >= 4 is 29.7 Å². The summed E-state index contributed by atoms with van der Waals surface area (Å²) in [6, 6.07) is -1.62. The molecular formula is C11H20N2O5S. The Labute approximate surface area is 116 Å². The Balaban J connectivity index is 4.08. The quantitative estimate of drug-likeness (QED) is 0.498.